The number of hydrogen-bond donors (Lipinski definition) is 2. The molecule has 0 radical (unpaired) electrons. The Morgan fingerprint density at radius 1 is 1.50 bits per heavy atom. The van der Waals surface area contributed by atoms with Gasteiger partial charge in [-0.15, -0.1) is 0 Å². The third kappa shape index (κ3) is 2.08. The minimum absolute atomic E-state index is 0.136. The van der Waals surface area contributed by atoms with Gasteiger partial charge in [0.05, 0.1) is 12.3 Å². The molecule has 1 aromatic rings. The molecule has 4 nitrogen and oxygen atoms in total. The summed E-state index contributed by atoms with van der Waals surface area (Å²) >= 11 is 0. The minimum atomic E-state index is -0.136. The highest BCUT2D eigenvalue weighted by Gasteiger charge is 2.22. The second-order valence-corrected chi connectivity index (χ2v) is 4.06. The van der Waals surface area contributed by atoms with E-state index < -0.39 is 0 Å². The topological polar surface area (TPSA) is 60.2 Å². The predicted molar refractivity (Wildman–Crippen MR) is 62.4 cm³/mol. The molecule has 0 bridgehead atoms. The molecule has 0 saturated carbocycles. The molecule has 1 atom stereocenters. The van der Waals surface area contributed by atoms with E-state index in [0.29, 0.717) is 0 Å². The van der Waals surface area contributed by atoms with Gasteiger partial charge >= 0.3 is 0 Å². The molecule has 4 heteroatoms. The van der Waals surface area contributed by atoms with E-state index in [1.165, 1.54) is 0 Å². The molecule has 1 aliphatic rings. The summed E-state index contributed by atoms with van der Waals surface area (Å²) in [6.45, 7) is 4.80. The fourth-order valence-corrected chi connectivity index (χ4v) is 1.96. The van der Waals surface area contributed by atoms with E-state index in [9.17, 15) is 0 Å². The van der Waals surface area contributed by atoms with E-state index in [1.807, 2.05) is 20.0 Å². The SMILES string of the molecule is Cc1cnc(C(NN)C2=CCCO2)c(C)c1. The van der Waals surface area contributed by atoms with Crippen LogP contribution in [0, 0.1) is 13.8 Å². The number of pyridine rings is 1. The lowest BCUT2D eigenvalue weighted by Gasteiger charge is -2.18. The fourth-order valence-electron chi connectivity index (χ4n) is 1.96. The van der Waals surface area contributed by atoms with Gasteiger partial charge < -0.3 is 4.74 Å². The van der Waals surface area contributed by atoms with Crippen molar-refractivity contribution in [1.82, 2.24) is 10.4 Å². The van der Waals surface area contributed by atoms with Gasteiger partial charge in [-0.3, -0.25) is 10.8 Å². The van der Waals surface area contributed by atoms with Crippen LogP contribution < -0.4 is 11.3 Å². The van der Waals surface area contributed by atoms with Crippen LogP contribution in [0.5, 0.6) is 0 Å². The van der Waals surface area contributed by atoms with Crippen LogP contribution in [0.3, 0.4) is 0 Å². The second kappa shape index (κ2) is 4.63. The molecule has 0 aliphatic carbocycles. The van der Waals surface area contributed by atoms with Gasteiger partial charge in [0.2, 0.25) is 0 Å². The van der Waals surface area contributed by atoms with Gasteiger partial charge in [0.1, 0.15) is 11.8 Å². The highest BCUT2D eigenvalue weighted by Crippen LogP contribution is 2.26. The van der Waals surface area contributed by atoms with Crippen LogP contribution in [0.4, 0.5) is 0 Å². The molecule has 1 aromatic heterocycles. The summed E-state index contributed by atoms with van der Waals surface area (Å²) in [5.74, 6) is 6.46. The molecule has 0 fully saturated rings. The van der Waals surface area contributed by atoms with Gasteiger partial charge in [0.25, 0.3) is 0 Å². The number of ether oxygens (including phenoxy) is 1. The number of aromatic nitrogens is 1. The zero-order chi connectivity index (χ0) is 11.5. The molecular formula is C12H17N3O. The van der Waals surface area contributed by atoms with Crippen molar-refractivity contribution in [3.63, 3.8) is 0 Å². The van der Waals surface area contributed by atoms with E-state index in [2.05, 4.69) is 22.6 Å². The molecule has 0 amide bonds. The first-order chi connectivity index (χ1) is 7.72. The van der Waals surface area contributed by atoms with Crippen molar-refractivity contribution < 1.29 is 4.74 Å². The highest BCUT2D eigenvalue weighted by atomic mass is 16.5. The quantitative estimate of drug-likeness (QED) is 0.597. The van der Waals surface area contributed by atoms with Crippen molar-refractivity contribution in [2.24, 2.45) is 5.84 Å². The van der Waals surface area contributed by atoms with Crippen molar-refractivity contribution in [3.8, 4) is 0 Å². The molecule has 1 unspecified atom stereocenters. The molecule has 86 valence electrons. The van der Waals surface area contributed by atoms with Crippen molar-refractivity contribution in [3.05, 3.63) is 40.9 Å². The van der Waals surface area contributed by atoms with E-state index >= 15 is 0 Å². The number of nitrogens with one attached hydrogen (secondary N) is 1. The van der Waals surface area contributed by atoms with Crippen LogP contribution in [0.1, 0.15) is 29.3 Å². The summed E-state index contributed by atoms with van der Waals surface area (Å²) in [6.07, 6.45) is 4.85. The van der Waals surface area contributed by atoms with Crippen LogP contribution in [-0.4, -0.2) is 11.6 Å². The Morgan fingerprint density at radius 2 is 2.31 bits per heavy atom. The van der Waals surface area contributed by atoms with E-state index in [4.69, 9.17) is 10.6 Å². The van der Waals surface area contributed by atoms with Crippen LogP contribution in [0.25, 0.3) is 0 Å². The first kappa shape index (κ1) is 11.1. The van der Waals surface area contributed by atoms with E-state index in [1.54, 1.807) is 0 Å². The van der Waals surface area contributed by atoms with Crippen molar-refractivity contribution in [2.45, 2.75) is 26.3 Å². The lowest BCUT2D eigenvalue weighted by atomic mass is 10.1. The molecule has 1 aliphatic heterocycles. The Morgan fingerprint density at radius 3 is 2.88 bits per heavy atom. The van der Waals surface area contributed by atoms with Crippen LogP contribution in [-0.2, 0) is 4.74 Å². The van der Waals surface area contributed by atoms with Crippen LogP contribution in [0.2, 0.25) is 0 Å². The van der Waals surface area contributed by atoms with Gasteiger partial charge in [0, 0.05) is 12.6 Å². The Hall–Kier alpha value is -1.39. The Bertz CT molecular complexity index is 415. The van der Waals surface area contributed by atoms with Crippen molar-refractivity contribution in [1.29, 1.82) is 0 Å². The molecule has 16 heavy (non-hydrogen) atoms. The first-order valence-electron chi connectivity index (χ1n) is 5.44. The molecule has 3 N–H and O–H groups in total. The van der Waals surface area contributed by atoms with Gasteiger partial charge in [-0.2, -0.15) is 0 Å². The maximum Gasteiger partial charge on any atom is 0.120 e. The van der Waals surface area contributed by atoms with Gasteiger partial charge in [-0.05, 0) is 31.1 Å². The van der Waals surface area contributed by atoms with Crippen LogP contribution >= 0.6 is 0 Å². The molecular weight excluding hydrogens is 202 g/mol. The Labute approximate surface area is 95.5 Å². The Kier molecular flexibility index (Phi) is 3.22. The van der Waals surface area contributed by atoms with Gasteiger partial charge in [-0.25, -0.2) is 5.43 Å². The maximum absolute atomic E-state index is 5.58. The number of nitrogens with zero attached hydrogens (tertiary/aromatic N) is 1. The number of rotatable bonds is 3. The summed E-state index contributed by atoms with van der Waals surface area (Å²) < 4.78 is 5.52. The standard InChI is InChI=1S/C12H17N3O/c1-8-6-9(2)11(14-7-8)12(15-13)10-4-3-5-16-10/h4,6-7,12,15H,3,5,13H2,1-2H3. The third-order valence-electron chi connectivity index (χ3n) is 2.71. The second-order valence-electron chi connectivity index (χ2n) is 4.06. The highest BCUT2D eigenvalue weighted by molar-refractivity contribution is 5.30. The van der Waals surface area contributed by atoms with E-state index in [-0.39, 0.29) is 6.04 Å². The largest absolute Gasteiger partial charge is 0.496 e. The minimum Gasteiger partial charge on any atom is -0.496 e. The average molecular weight is 219 g/mol. The summed E-state index contributed by atoms with van der Waals surface area (Å²) in [7, 11) is 0. The van der Waals surface area contributed by atoms with Gasteiger partial charge in [-0.1, -0.05) is 6.07 Å². The zero-order valence-corrected chi connectivity index (χ0v) is 9.66. The number of hydrogen-bond acceptors (Lipinski definition) is 4. The summed E-state index contributed by atoms with van der Waals surface area (Å²) in [6, 6.07) is 1.96. The summed E-state index contributed by atoms with van der Waals surface area (Å²) in [5.41, 5.74) is 5.97. The van der Waals surface area contributed by atoms with Crippen molar-refractivity contribution >= 4 is 0 Å². The smallest absolute Gasteiger partial charge is 0.120 e. The fraction of sp³-hybridized carbons (Fsp3) is 0.417. The van der Waals surface area contributed by atoms with Crippen LogP contribution in [0.15, 0.2) is 24.1 Å². The maximum atomic E-state index is 5.58. The Balaban J connectivity index is 2.32. The molecule has 0 aromatic carbocycles. The summed E-state index contributed by atoms with van der Waals surface area (Å²) in [5, 5.41) is 0. The molecule has 0 saturated heterocycles. The zero-order valence-electron chi connectivity index (χ0n) is 9.66. The lowest BCUT2D eigenvalue weighted by molar-refractivity contribution is 0.214. The predicted octanol–water partition coefficient (Wildman–Crippen LogP) is 1.51. The molecule has 2 rings (SSSR count). The van der Waals surface area contributed by atoms with Crippen molar-refractivity contribution in [2.75, 3.05) is 6.61 Å². The van der Waals surface area contributed by atoms with Gasteiger partial charge in [0.15, 0.2) is 0 Å². The monoisotopic (exact) mass is 219 g/mol. The average Bonchev–Trinajstić information content (AvgIpc) is 2.75. The summed E-state index contributed by atoms with van der Waals surface area (Å²) in [4.78, 5) is 4.43. The lowest BCUT2D eigenvalue weighted by Crippen LogP contribution is -2.31. The first-order valence-corrected chi connectivity index (χ1v) is 5.44. The number of aryl methyl sites for hydroxylation is 2. The third-order valence-corrected chi connectivity index (χ3v) is 2.71. The molecule has 0 spiro atoms. The molecule has 2 heterocycles. The normalized spacial score (nSPS) is 16.8. The number of hydrazine groups is 1. The van der Waals surface area contributed by atoms with E-state index in [0.717, 1.165) is 35.6 Å². The number of nitrogens with two attached hydrogens (primary N) is 1.